The molecule has 0 unspecified atom stereocenters. The van der Waals surface area contributed by atoms with Crippen molar-refractivity contribution in [3.05, 3.63) is 69.0 Å². The molecule has 0 saturated heterocycles. The van der Waals surface area contributed by atoms with E-state index >= 15 is 0 Å². The van der Waals surface area contributed by atoms with Gasteiger partial charge in [0.05, 0.1) is 16.9 Å². The lowest BCUT2D eigenvalue weighted by atomic mass is 10.1. The second-order valence-corrected chi connectivity index (χ2v) is 5.92. The monoisotopic (exact) mass is 308 g/mol. The fraction of sp³-hybridized carbons (Fsp3) is 0.278. The van der Waals surface area contributed by atoms with Gasteiger partial charge in [-0.25, -0.2) is 0 Å². The van der Waals surface area contributed by atoms with E-state index in [1.54, 1.807) is 18.5 Å². The lowest BCUT2D eigenvalue weighted by molar-refractivity contribution is 0.665. The first-order valence-corrected chi connectivity index (χ1v) is 7.64. The van der Waals surface area contributed by atoms with Crippen LogP contribution in [0.3, 0.4) is 0 Å². The number of fused-ring (bicyclic) bond motifs is 1. The number of aromatic nitrogens is 3. The second-order valence-electron chi connectivity index (χ2n) is 5.92. The first kappa shape index (κ1) is 15.4. The molecule has 0 amide bonds. The van der Waals surface area contributed by atoms with Gasteiger partial charge in [0.15, 0.2) is 5.43 Å². The fourth-order valence-corrected chi connectivity index (χ4v) is 2.69. The number of nitrogens with one attached hydrogen (secondary N) is 2. The van der Waals surface area contributed by atoms with E-state index < -0.39 is 0 Å². The van der Waals surface area contributed by atoms with E-state index in [1.807, 2.05) is 26.8 Å². The summed E-state index contributed by atoms with van der Waals surface area (Å²) in [7, 11) is 0. The largest absolute Gasteiger partial charge is 0.357 e. The molecule has 0 aliphatic heterocycles. The molecule has 0 spiro atoms. The summed E-state index contributed by atoms with van der Waals surface area (Å²) in [5, 5.41) is 4.03. The van der Waals surface area contributed by atoms with Crippen LogP contribution in [0.2, 0.25) is 0 Å². The van der Waals surface area contributed by atoms with Gasteiger partial charge in [0.25, 0.3) is 0 Å². The molecule has 1 aromatic carbocycles. The van der Waals surface area contributed by atoms with E-state index in [9.17, 15) is 4.79 Å². The van der Waals surface area contributed by atoms with Gasteiger partial charge < -0.3 is 10.3 Å². The van der Waals surface area contributed by atoms with Crippen molar-refractivity contribution in [1.29, 1.82) is 0 Å². The molecule has 5 heteroatoms. The van der Waals surface area contributed by atoms with E-state index in [2.05, 4.69) is 26.3 Å². The minimum atomic E-state index is 0.0532. The third-order valence-electron chi connectivity index (χ3n) is 3.79. The lowest BCUT2D eigenvalue weighted by Gasteiger charge is -2.09. The third-order valence-corrected chi connectivity index (χ3v) is 3.79. The Morgan fingerprint density at radius 3 is 2.61 bits per heavy atom. The Morgan fingerprint density at radius 1 is 1.04 bits per heavy atom. The molecule has 3 aromatic rings. The highest BCUT2D eigenvalue weighted by atomic mass is 16.1. The zero-order chi connectivity index (χ0) is 16.4. The summed E-state index contributed by atoms with van der Waals surface area (Å²) in [5.41, 5.74) is 5.80. The van der Waals surface area contributed by atoms with Crippen LogP contribution in [-0.4, -0.2) is 15.0 Å². The van der Waals surface area contributed by atoms with Gasteiger partial charge in [-0.3, -0.25) is 14.8 Å². The van der Waals surface area contributed by atoms with Crippen molar-refractivity contribution in [2.45, 2.75) is 33.9 Å². The van der Waals surface area contributed by atoms with Crippen molar-refractivity contribution >= 4 is 10.9 Å². The highest BCUT2D eigenvalue weighted by Gasteiger charge is 2.06. The number of H-pyrrole nitrogens is 1. The Hall–Kier alpha value is -2.53. The molecule has 0 aliphatic carbocycles. The number of aromatic amines is 1. The standard InChI is InChI=1S/C18H20N4O/c1-11-4-12(2)18-16(5-11)17(23)6-14(22-18)8-19-9-15-10-20-13(3)7-21-15/h4-7,10,19H,8-9H2,1-3H3,(H,22,23). The molecule has 23 heavy (non-hydrogen) atoms. The van der Waals surface area contributed by atoms with Crippen LogP contribution in [0.15, 0.2) is 35.4 Å². The molecular weight excluding hydrogens is 288 g/mol. The summed E-state index contributed by atoms with van der Waals surface area (Å²) in [6.07, 6.45) is 3.51. The van der Waals surface area contributed by atoms with E-state index in [4.69, 9.17) is 0 Å². The van der Waals surface area contributed by atoms with Gasteiger partial charge in [-0.1, -0.05) is 6.07 Å². The van der Waals surface area contributed by atoms with Gasteiger partial charge in [-0.15, -0.1) is 0 Å². The number of hydrogen-bond donors (Lipinski definition) is 2. The molecule has 118 valence electrons. The Bertz CT molecular complexity index is 897. The van der Waals surface area contributed by atoms with Gasteiger partial charge in [0, 0.05) is 42.6 Å². The predicted octanol–water partition coefficient (Wildman–Crippen LogP) is 2.53. The molecule has 0 atom stereocenters. The summed E-state index contributed by atoms with van der Waals surface area (Å²) in [6.45, 7) is 7.12. The van der Waals surface area contributed by atoms with Crippen LogP contribution in [0, 0.1) is 20.8 Å². The zero-order valence-electron chi connectivity index (χ0n) is 13.6. The molecule has 0 fully saturated rings. The Balaban J connectivity index is 1.78. The second kappa shape index (κ2) is 6.30. The van der Waals surface area contributed by atoms with E-state index in [0.717, 1.165) is 39.1 Å². The van der Waals surface area contributed by atoms with E-state index in [1.165, 1.54) is 0 Å². The quantitative estimate of drug-likeness (QED) is 0.777. The van der Waals surface area contributed by atoms with Gasteiger partial charge >= 0.3 is 0 Å². The van der Waals surface area contributed by atoms with Crippen LogP contribution in [0.25, 0.3) is 10.9 Å². The highest BCUT2D eigenvalue weighted by Crippen LogP contribution is 2.16. The summed E-state index contributed by atoms with van der Waals surface area (Å²) >= 11 is 0. The zero-order valence-corrected chi connectivity index (χ0v) is 13.6. The maximum absolute atomic E-state index is 12.3. The van der Waals surface area contributed by atoms with Crippen molar-refractivity contribution in [3.63, 3.8) is 0 Å². The molecule has 2 aromatic heterocycles. The van der Waals surface area contributed by atoms with Crippen LogP contribution in [0.5, 0.6) is 0 Å². The first-order chi connectivity index (χ1) is 11.0. The average Bonchev–Trinajstić information content (AvgIpc) is 2.50. The van der Waals surface area contributed by atoms with Crippen molar-refractivity contribution < 1.29 is 0 Å². The number of pyridine rings is 1. The SMILES string of the molecule is Cc1cc(C)c2[nH]c(CNCc3cnc(C)cn3)cc(=O)c2c1. The molecule has 2 heterocycles. The van der Waals surface area contributed by atoms with Gasteiger partial charge in [-0.05, 0) is 38.0 Å². The van der Waals surface area contributed by atoms with Crippen molar-refractivity contribution in [2.75, 3.05) is 0 Å². The van der Waals surface area contributed by atoms with Gasteiger partial charge in [0.1, 0.15) is 0 Å². The Labute approximate surface area is 134 Å². The minimum absolute atomic E-state index is 0.0532. The predicted molar refractivity (Wildman–Crippen MR) is 91.4 cm³/mol. The van der Waals surface area contributed by atoms with Gasteiger partial charge in [-0.2, -0.15) is 0 Å². The molecule has 0 aliphatic rings. The van der Waals surface area contributed by atoms with Crippen LogP contribution in [0.1, 0.15) is 28.2 Å². The molecule has 0 radical (unpaired) electrons. The number of benzene rings is 1. The maximum Gasteiger partial charge on any atom is 0.189 e. The highest BCUT2D eigenvalue weighted by molar-refractivity contribution is 5.82. The van der Waals surface area contributed by atoms with Crippen LogP contribution in [-0.2, 0) is 13.1 Å². The number of rotatable bonds is 4. The van der Waals surface area contributed by atoms with E-state index in [0.29, 0.717) is 13.1 Å². The van der Waals surface area contributed by atoms with Crippen molar-refractivity contribution in [3.8, 4) is 0 Å². The van der Waals surface area contributed by atoms with Crippen molar-refractivity contribution in [1.82, 2.24) is 20.3 Å². The fourth-order valence-electron chi connectivity index (χ4n) is 2.69. The minimum Gasteiger partial charge on any atom is -0.357 e. The number of aryl methyl sites for hydroxylation is 3. The molecule has 3 rings (SSSR count). The first-order valence-electron chi connectivity index (χ1n) is 7.64. The molecule has 0 bridgehead atoms. The molecule has 0 saturated carbocycles. The number of nitrogens with zero attached hydrogens (tertiary/aromatic N) is 2. The smallest absolute Gasteiger partial charge is 0.189 e. The van der Waals surface area contributed by atoms with Crippen molar-refractivity contribution in [2.24, 2.45) is 0 Å². The van der Waals surface area contributed by atoms with Crippen LogP contribution < -0.4 is 10.7 Å². The third kappa shape index (κ3) is 3.46. The van der Waals surface area contributed by atoms with Crippen LogP contribution >= 0.6 is 0 Å². The summed E-state index contributed by atoms with van der Waals surface area (Å²) in [4.78, 5) is 24.2. The maximum atomic E-state index is 12.3. The Kier molecular flexibility index (Phi) is 4.21. The summed E-state index contributed by atoms with van der Waals surface area (Å²) in [6, 6.07) is 5.67. The van der Waals surface area contributed by atoms with E-state index in [-0.39, 0.29) is 5.43 Å². The van der Waals surface area contributed by atoms with Crippen LogP contribution in [0.4, 0.5) is 0 Å². The number of hydrogen-bond acceptors (Lipinski definition) is 4. The van der Waals surface area contributed by atoms with Gasteiger partial charge in [0.2, 0.25) is 0 Å². The summed E-state index contributed by atoms with van der Waals surface area (Å²) in [5.74, 6) is 0. The Morgan fingerprint density at radius 2 is 1.87 bits per heavy atom. The topological polar surface area (TPSA) is 70.7 Å². The molecule has 5 nitrogen and oxygen atoms in total. The normalized spacial score (nSPS) is 11.1. The molecular formula is C18H20N4O. The molecule has 2 N–H and O–H groups in total. The lowest BCUT2D eigenvalue weighted by Crippen LogP contribution is -2.17. The summed E-state index contributed by atoms with van der Waals surface area (Å²) < 4.78 is 0. The average molecular weight is 308 g/mol.